The molecule has 0 aromatic heterocycles. The highest BCUT2D eigenvalue weighted by Gasteiger charge is 2.14. The van der Waals surface area contributed by atoms with E-state index in [9.17, 15) is 14.4 Å². The Bertz CT molecular complexity index is 805. The predicted molar refractivity (Wildman–Crippen MR) is 93.2 cm³/mol. The molecule has 6 nitrogen and oxygen atoms in total. The highest BCUT2D eigenvalue weighted by atomic mass is 35.5. The molecule has 0 bridgehead atoms. The number of anilines is 1. The Kier molecular flexibility index (Phi) is 6.38. The maximum absolute atomic E-state index is 11.9. The third-order valence-electron chi connectivity index (χ3n) is 3.07. The molecule has 0 fully saturated rings. The van der Waals surface area contributed by atoms with E-state index < -0.39 is 24.5 Å². The molecule has 0 spiro atoms. The van der Waals surface area contributed by atoms with E-state index in [1.165, 1.54) is 49.6 Å². The average Bonchev–Trinajstić information content (AvgIpc) is 2.61. The highest BCUT2D eigenvalue weighted by Crippen LogP contribution is 2.21. The second-order valence-corrected chi connectivity index (χ2v) is 5.66. The molecule has 0 heterocycles. The van der Waals surface area contributed by atoms with Crippen LogP contribution in [-0.4, -0.2) is 31.6 Å². The number of nitrogens with one attached hydrogen (secondary N) is 1. The minimum absolute atomic E-state index is 0.0735. The number of methoxy groups -OCH3 is 1. The van der Waals surface area contributed by atoms with Gasteiger partial charge in [0.1, 0.15) is 0 Å². The molecule has 0 unspecified atom stereocenters. The Labute approximate surface area is 153 Å². The second kappa shape index (κ2) is 8.50. The van der Waals surface area contributed by atoms with Gasteiger partial charge in [-0.2, -0.15) is 0 Å². The Balaban J connectivity index is 1.91. The molecule has 0 radical (unpaired) electrons. The maximum Gasteiger partial charge on any atom is 0.340 e. The van der Waals surface area contributed by atoms with Gasteiger partial charge in [-0.25, -0.2) is 9.59 Å². The van der Waals surface area contributed by atoms with Crippen LogP contribution in [0.3, 0.4) is 0 Å². The van der Waals surface area contributed by atoms with E-state index in [1.807, 2.05) is 0 Å². The zero-order chi connectivity index (χ0) is 18.4. The molecule has 0 aliphatic rings. The van der Waals surface area contributed by atoms with Gasteiger partial charge in [0.25, 0.3) is 5.91 Å². The molecule has 1 N–H and O–H groups in total. The first kappa shape index (κ1) is 18.8. The summed E-state index contributed by atoms with van der Waals surface area (Å²) in [5.74, 6) is -1.79. The first-order valence-electron chi connectivity index (χ1n) is 7.01. The lowest BCUT2D eigenvalue weighted by Crippen LogP contribution is -2.21. The number of hydrogen-bond acceptors (Lipinski definition) is 5. The SMILES string of the molecule is COC(=O)c1ccc(NC(=O)COC(=O)c2cc(Cl)ccc2Cl)cc1. The van der Waals surface area contributed by atoms with Crippen LogP contribution in [0.1, 0.15) is 20.7 Å². The van der Waals surface area contributed by atoms with Crippen LogP contribution in [0.2, 0.25) is 10.0 Å². The van der Waals surface area contributed by atoms with E-state index in [-0.39, 0.29) is 10.6 Å². The van der Waals surface area contributed by atoms with Gasteiger partial charge < -0.3 is 14.8 Å². The van der Waals surface area contributed by atoms with Crippen LogP contribution in [0.15, 0.2) is 42.5 Å². The summed E-state index contributed by atoms with van der Waals surface area (Å²) < 4.78 is 9.49. The Hall–Kier alpha value is -2.57. The Morgan fingerprint density at radius 2 is 1.68 bits per heavy atom. The number of carbonyl (C=O) groups is 3. The number of hydrogen-bond donors (Lipinski definition) is 1. The summed E-state index contributed by atoms with van der Waals surface area (Å²) in [5.41, 5.74) is 0.862. The van der Waals surface area contributed by atoms with E-state index in [4.69, 9.17) is 27.9 Å². The van der Waals surface area contributed by atoms with Gasteiger partial charge in [-0.3, -0.25) is 4.79 Å². The minimum Gasteiger partial charge on any atom is -0.465 e. The molecule has 2 aromatic rings. The van der Waals surface area contributed by atoms with Crippen molar-refractivity contribution >= 4 is 46.7 Å². The number of esters is 2. The largest absolute Gasteiger partial charge is 0.465 e. The van der Waals surface area contributed by atoms with Gasteiger partial charge in [0, 0.05) is 10.7 Å². The van der Waals surface area contributed by atoms with Crippen LogP contribution in [-0.2, 0) is 14.3 Å². The fourth-order valence-corrected chi connectivity index (χ4v) is 2.23. The Morgan fingerprint density at radius 1 is 1.00 bits per heavy atom. The molecule has 130 valence electrons. The first-order valence-corrected chi connectivity index (χ1v) is 7.76. The molecule has 1 amide bonds. The number of rotatable bonds is 5. The molecular weight excluding hydrogens is 369 g/mol. The van der Waals surface area contributed by atoms with Gasteiger partial charge in [0.15, 0.2) is 6.61 Å². The molecule has 0 aliphatic heterocycles. The van der Waals surface area contributed by atoms with E-state index in [0.29, 0.717) is 16.3 Å². The summed E-state index contributed by atoms with van der Waals surface area (Å²) in [4.78, 5) is 35.1. The molecule has 0 atom stereocenters. The van der Waals surface area contributed by atoms with Gasteiger partial charge in [-0.1, -0.05) is 23.2 Å². The summed E-state index contributed by atoms with van der Waals surface area (Å²) in [6.07, 6.45) is 0. The zero-order valence-corrected chi connectivity index (χ0v) is 14.6. The number of carbonyl (C=O) groups excluding carboxylic acids is 3. The molecule has 2 rings (SSSR count). The normalized spacial score (nSPS) is 10.0. The molecule has 0 saturated heterocycles. The van der Waals surface area contributed by atoms with Crippen molar-refractivity contribution in [1.29, 1.82) is 0 Å². The summed E-state index contributed by atoms with van der Waals surface area (Å²) in [5, 5.41) is 3.03. The number of halogens is 2. The smallest absolute Gasteiger partial charge is 0.340 e. The van der Waals surface area contributed by atoms with E-state index in [2.05, 4.69) is 10.1 Å². The Morgan fingerprint density at radius 3 is 2.32 bits per heavy atom. The van der Waals surface area contributed by atoms with Gasteiger partial charge in [-0.05, 0) is 42.5 Å². The van der Waals surface area contributed by atoms with E-state index in [1.54, 1.807) is 0 Å². The fourth-order valence-electron chi connectivity index (χ4n) is 1.87. The minimum atomic E-state index is -0.760. The summed E-state index contributed by atoms with van der Waals surface area (Å²) in [6, 6.07) is 10.4. The van der Waals surface area contributed by atoms with Crippen LogP contribution >= 0.6 is 23.2 Å². The number of amides is 1. The van der Waals surface area contributed by atoms with Crippen molar-refractivity contribution in [2.45, 2.75) is 0 Å². The maximum atomic E-state index is 11.9. The van der Waals surface area contributed by atoms with Crippen molar-refractivity contribution in [3.63, 3.8) is 0 Å². The monoisotopic (exact) mass is 381 g/mol. The van der Waals surface area contributed by atoms with Crippen molar-refractivity contribution < 1.29 is 23.9 Å². The van der Waals surface area contributed by atoms with Crippen molar-refractivity contribution in [3.05, 3.63) is 63.6 Å². The lowest BCUT2D eigenvalue weighted by atomic mass is 10.2. The molecule has 2 aromatic carbocycles. The van der Waals surface area contributed by atoms with Gasteiger partial charge in [0.05, 0.1) is 23.3 Å². The topological polar surface area (TPSA) is 81.7 Å². The summed E-state index contributed by atoms with van der Waals surface area (Å²) >= 11 is 11.7. The fraction of sp³-hybridized carbons (Fsp3) is 0.118. The van der Waals surface area contributed by atoms with Crippen molar-refractivity contribution in [3.8, 4) is 0 Å². The number of ether oxygens (including phenoxy) is 2. The van der Waals surface area contributed by atoms with E-state index >= 15 is 0 Å². The van der Waals surface area contributed by atoms with E-state index in [0.717, 1.165) is 0 Å². The molecule has 8 heteroatoms. The van der Waals surface area contributed by atoms with Crippen LogP contribution in [0, 0.1) is 0 Å². The number of benzene rings is 2. The predicted octanol–water partition coefficient (Wildman–Crippen LogP) is 3.58. The third kappa shape index (κ3) is 5.20. The second-order valence-electron chi connectivity index (χ2n) is 4.82. The standard InChI is InChI=1S/C17H13Cl2NO5/c1-24-16(22)10-2-5-12(6-3-10)20-15(21)9-25-17(23)13-8-11(18)4-7-14(13)19/h2-8H,9H2,1H3,(H,20,21). The van der Waals surface area contributed by atoms with Gasteiger partial charge in [0.2, 0.25) is 0 Å². The van der Waals surface area contributed by atoms with Gasteiger partial charge in [-0.15, -0.1) is 0 Å². The molecule has 0 aliphatic carbocycles. The summed E-state index contributed by atoms with van der Waals surface area (Å²) in [6.45, 7) is -0.500. The average molecular weight is 382 g/mol. The third-order valence-corrected chi connectivity index (χ3v) is 3.64. The van der Waals surface area contributed by atoms with Crippen molar-refractivity contribution in [2.75, 3.05) is 19.0 Å². The molecular formula is C17H13Cl2NO5. The lowest BCUT2D eigenvalue weighted by molar-refractivity contribution is -0.119. The van der Waals surface area contributed by atoms with Crippen molar-refractivity contribution in [1.82, 2.24) is 0 Å². The lowest BCUT2D eigenvalue weighted by Gasteiger charge is -2.08. The quantitative estimate of drug-likeness (QED) is 0.800. The van der Waals surface area contributed by atoms with Crippen LogP contribution in [0.5, 0.6) is 0 Å². The first-order chi connectivity index (χ1) is 11.9. The van der Waals surface area contributed by atoms with Crippen LogP contribution in [0.25, 0.3) is 0 Å². The molecule has 0 saturated carbocycles. The zero-order valence-electron chi connectivity index (χ0n) is 13.0. The molecule has 25 heavy (non-hydrogen) atoms. The van der Waals surface area contributed by atoms with Crippen LogP contribution in [0.4, 0.5) is 5.69 Å². The van der Waals surface area contributed by atoms with Gasteiger partial charge >= 0.3 is 11.9 Å². The van der Waals surface area contributed by atoms with Crippen LogP contribution < -0.4 is 5.32 Å². The summed E-state index contributed by atoms with van der Waals surface area (Å²) in [7, 11) is 1.28. The van der Waals surface area contributed by atoms with Crippen molar-refractivity contribution in [2.24, 2.45) is 0 Å². The highest BCUT2D eigenvalue weighted by molar-refractivity contribution is 6.35.